The molecule has 1 nitrogen and oxygen atoms in total. The minimum Gasteiger partial charge on any atom is -0.376 e. The Morgan fingerprint density at radius 3 is 2.67 bits per heavy atom. The fourth-order valence-corrected chi connectivity index (χ4v) is 3.20. The third kappa shape index (κ3) is 4.93. The van der Waals surface area contributed by atoms with E-state index >= 15 is 0 Å². The Morgan fingerprint density at radius 1 is 1.39 bits per heavy atom. The van der Waals surface area contributed by atoms with E-state index in [4.69, 9.17) is 0 Å². The summed E-state index contributed by atoms with van der Waals surface area (Å²) in [6.07, 6.45) is 10.2. The molecule has 0 amide bonds. The molecule has 1 N–H and O–H groups in total. The molecule has 0 saturated heterocycles. The lowest BCUT2D eigenvalue weighted by Crippen LogP contribution is -2.24. The van der Waals surface area contributed by atoms with Crippen molar-refractivity contribution in [3.8, 4) is 0 Å². The first-order valence-corrected chi connectivity index (χ1v) is 7.86. The molecule has 1 heterocycles. The highest BCUT2D eigenvalue weighted by Crippen LogP contribution is 2.36. The van der Waals surface area contributed by atoms with Gasteiger partial charge in [0, 0.05) is 10.6 Å². The second kappa shape index (κ2) is 7.73. The van der Waals surface area contributed by atoms with E-state index < -0.39 is 0 Å². The van der Waals surface area contributed by atoms with Gasteiger partial charge in [-0.2, -0.15) is 0 Å². The smallest absolute Gasteiger partial charge is 0.0786 e. The maximum atomic E-state index is 3.57. The number of rotatable bonds is 6. The summed E-state index contributed by atoms with van der Waals surface area (Å²) in [6.45, 7) is 11.1. The van der Waals surface area contributed by atoms with Crippen LogP contribution >= 0.6 is 11.8 Å². The van der Waals surface area contributed by atoms with Gasteiger partial charge in [-0.15, -0.1) is 11.8 Å². The second-order valence-electron chi connectivity index (χ2n) is 5.31. The Hall–Kier alpha value is -0.630. The summed E-state index contributed by atoms with van der Waals surface area (Å²) in [5.74, 6) is 0.682. The van der Waals surface area contributed by atoms with E-state index in [2.05, 4.69) is 58.2 Å². The maximum Gasteiger partial charge on any atom is 0.0786 e. The molecule has 1 aliphatic heterocycles. The molecule has 0 spiro atoms. The summed E-state index contributed by atoms with van der Waals surface area (Å²) in [7, 11) is 0. The van der Waals surface area contributed by atoms with E-state index in [9.17, 15) is 0 Å². The van der Waals surface area contributed by atoms with Crippen molar-refractivity contribution in [2.45, 2.75) is 59.3 Å². The molecular weight excluding hydrogens is 238 g/mol. The van der Waals surface area contributed by atoms with Crippen LogP contribution in [0.25, 0.3) is 0 Å². The van der Waals surface area contributed by atoms with Gasteiger partial charge in [-0.3, -0.25) is 0 Å². The Balaban J connectivity index is 2.38. The SMILES string of the molecule is CC/C=C(/C)CC=CCC1=C(C)NC(C(C)C)S1. The number of thioether (sulfide) groups is 1. The summed E-state index contributed by atoms with van der Waals surface area (Å²) < 4.78 is 0. The summed E-state index contributed by atoms with van der Waals surface area (Å²) >= 11 is 2.00. The van der Waals surface area contributed by atoms with E-state index in [1.54, 1.807) is 0 Å². The molecule has 1 atom stereocenters. The molecule has 0 aromatic rings. The maximum absolute atomic E-state index is 3.57. The van der Waals surface area contributed by atoms with Crippen molar-refractivity contribution >= 4 is 11.8 Å². The van der Waals surface area contributed by atoms with Gasteiger partial charge in [0.05, 0.1) is 5.37 Å². The highest BCUT2D eigenvalue weighted by Gasteiger charge is 2.22. The molecule has 0 aliphatic carbocycles. The predicted molar refractivity (Wildman–Crippen MR) is 84.5 cm³/mol. The van der Waals surface area contributed by atoms with E-state index in [1.165, 1.54) is 16.2 Å². The highest BCUT2D eigenvalue weighted by atomic mass is 32.2. The van der Waals surface area contributed by atoms with Crippen LogP contribution in [0.5, 0.6) is 0 Å². The van der Waals surface area contributed by atoms with Crippen LogP contribution in [0.2, 0.25) is 0 Å². The third-order valence-electron chi connectivity index (χ3n) is 3.11. The minimum atomic E-state index is 0.565. The van der Waals surface area contributed by atoms with Crippen LogP contribution in [0.15, 0.2) is 34.4 Å². The van der Waals surface area contributed by atoms with Gasteiger partial charge in [0.25, 0.3) is 0 Å². The molecule has 1 aliphatic rings. The lowest BCUT2D eigenvalue weighted by Gasteiger charge is -2.14. The van der Waals surface area contributed by atoms with Crippen molar-refractivity contribution in [3.05, 3.63) is 34.4 Å². The number of nitrogens with one attached hydrogen (secondary N) is 1. The van der Waals surface area contributed by atoms with Crippen LogP contribution in [0.1, 0.15) is 53.9 Å². The van der Waals surface area contributed by atoms with Crippen molar-refractivity contribution in [2.75, 3.05) is 0 Å². The lowest BCUT2D eigenvalue weighted by atomic mass is 10.1. The van der Waals surface area contributed by atoms with Gasteiger partial charge >= 0.3 is 0 Å². The molecular formula is C16H27NS. The molecule has 0 bridgehead atoms. The van der Waals surface area contributed by atoms with E-state index in [1.807, 2.05) is 11.8 Å². The van der Waals surface area contributed by atoms with Crippen molar-refractivity contribution in [3.63, 3.8) is 0 Å². The van der Waals surface area contributed by atoms with Gasteiger partial charge in [-0.1, -0.05) is 44.6 Å². The summed E-state index contributed by atoms with van der Waals surface area (Å²) in [5.41, 5.74) is 2.83. The minimum absolute atomic E-state index is 0.565. The highest BCUT2D eigenvalue weighted by molar-refractivity contribution is 8.03. The molecule has 102 valence electrons. The average Bonchev–Trinajstić information content (AvgIpc) is 2.67. The van der Waals surface area contributed by atoms with E-state index in [0.717, 1.165) is 19.3 Å². The number of hydrogen-bond acceptors (Lipinski definition) is 2. The van der Waals surface area contributed by atoms with Crippen molar-refractivity contribution in [1.29, 1.82) is 0 Å². The molecule has 0 radical (unpaired) electrons. The van der Waals surface area contributed by atoms with Crippen LogP contribution in [0, 0.1) is 5.92 Å². The predicted octanol–water partition coefficient (Wildman–Crippen LogP) is 5.23. The molecule has 0 fully saturated rings. The zero-order valence-electron chi connectivity index (χ0n) is 12.4. The zero-order chi connectivity index (χ0) is 13.5. The van der Waals surface area contributed by atoms with Crippen LogP contribution in [0.3, 0.4) is 0 Å². The molecule has 18 heavy (non-hydrogen) atoms. The van der Waals surface area contributed by atoms with Crippen LogP contribution in [-0.2, 0) is 0 Å². The monoisotopic (exact) mass is 265 g/mol. The average molecular weight is 265 g/mol. The largest absolute Gasteiger partial charge is 0.376 e. The first-order valence-electron chi connectivity index (χ1n) is 6.98. The summed E-state index contributed by atoms with van der Waals surface area (Å²) in [6, 6.07) is 0. The van der Waals surface area contributed by atoms with Crippen LogP contribution in [0.4, 0.5) is 0 Å². The quantitative estimate of drug-likeness (QED) is 0.660. The molecule has 2 heteroatoms. The number of allylic oxidation sites excluding steroid dienone is 6. The Labute approximate surface area is 117 Å². The van der Waals surface area contributed by atoms with Crippen molar-refractivity contribution in [1.82, 2.24) is 5.32 Å². The Bertz CT molecular complexity index is 350. The van der Waals surface area contributed by atoms with E-state index in [0.29, 0.717) is 11.3 Å². The third-order valence-corrected chi connectivity index (χ3v) is 4.79. The van der Waals surface area contributed by atoms with Gasteiger partial charge in [-0.05, 0) is 39.0 Å². The fourth-order valence-electron chi connectivity index (χ4n) is 1.96. The van der Waals surface area contributed by atoms with Gasteiger partial charge in [-0.25, -0.2) is 0 Å². The van der Waals surface area contributed by atoms with Crippen LogP contribution in [-0.4, -0.2) is 5.37 Å². The van der Waals surface area contributed by atoms with E-state index in [-0.39, 0.29) is 0 Å². The molecule has 0 saturated carbocycles. The van der Waals surface area contributed by atoms with Gasteiger partial charge < -0.3 is 5.32 Å². The first kappa shape index (κ1) is 15.4. The fraction of sp³-hybridized carbons (Fsp3) is 0.625. The molecule has 0 aromatic carbocycles. The molecule has 1 unspecified atom stereocenters. The molecule has 0 aromatic heterocycles. The second-order valence-corrected chi connectivity index (χ2v) is 6.55. The Morgan fingerprint density at radius 2 is 2.11 bits per heavy atom. The standard InChI is InChI=1S/C16H27NS/c1-6-9-13(4)10-7-8-11-15-14(5)17-16(18-15)12(2)3/h7-9,12,16-17H,6,10-11H2,1-5H3/b8-7?,13-9-. The topological polar surface area (TPSA) is 12.0 Å². The van der Waals surface area contributed by atoms with Gasteiger partial charge in [0.2, 0.25) is 0 Å². The van der Waals surface area contributed by atoms with Crippen LogP contribution < -0.4 is 5.32 Å². The number of hydrogen-bond donors (Lipinski definition) is 1. The van der Waals surface area contributed by atoms with Crippen molar-refractivity contribution < 1.29 is 0 Å². The van der Waals surface area contributed by atoms with Gasteiger partial charge in [0.1, 0.15) is 0 Å². The summed E-state index contributed by atoms with van der Waals surface area (Å²) in [5, 5.41) is 4.14. The Kier molecular flexibility index (Phi) is 6.62. The first-order chi connectivity index (χ1) is 8.54. The molecule has 1 rings (SSSR count). The summed E-state index contributed by atoms with van der Waals surface area (Å²) in [4.78, 5) is 1.50. The van der Waals surface area contributed by atoms with Crippen molar-refractivity contribution in [2.24, 2.45) is 5.92 Å². The van der Waals surface area contributed by atoms with Gasteiger partial charge in [0.15, 0.2) is 0 Å². The normalized spacial score (nSPS) is 21.2. The lowest BCUT2D eigenvalue weighted by molar-refractivity contribution is 0.563. The zero-order valence-corrected chi connectivity index (χ0v) is 13.2.